The number of para-hydroxylation sites is 1. The molecule has 2 fully saturated rings. The molecule has 0 spiro atoms. The summed E-state index contributed by atoms with van der Waals surface area (Å²) < 4.78 is 0. The standard InChI is InChI=1S/C24H32N4O/c1-20(29)25-22-11-9-21(10-12-22)18-26-13-5-8-24(19-26)28-16-14-27(15-17-28)23-6-3-2-4-7-23/h2-4,6-7,9-12,24H,5,8,13-19H2,1H3,(H,25,29). The summed E-state index contributed by atoms with van der Waals surface area (Å²) in [5.41, 5.74) is 3.53. The van der Waals surface area contributed by atoms with E-state index in [2.05, 4.69) is 62.5 Å². The summed E-state index contributed by atoms with van der Waals surface area (Å²) in [5.74, 6) is -0.0241. The fourth-order valence-corrected chi connectivity index (χ4v) is 4.61. The number of carbonyl (C=O) groups is 1. The van der Waals surface area contributed by atoms with E-state index >= 15 is 0 Å². The Morgan fingerprint density at radius 2 is 1.69 bits per heavy atom. The summed E-state index contributed by atoms with van der Waals surface area (Å²) in [5, 5.41) is 2.84. The van der Waals surface area contributed by atoms with Gasteiger partial charge in [-0.05, 0) is 49.2 Å². The van der Waals surface area contributed by atoms with E-state index in [1.54, 1.807) is 6.92 Å². The second-order valence-corrected chi connectivity index (χ2v) is 8.27. The van der Waals surface area contributed by atoms with Crippen LogP contribution >= 0.6 is 0 Å². The minimum Gasteiger partial charge on any atom is -0.369 e. The summed E-state index contributed by atoms with van der Waals surface area (Å²) >= 11 is 0. The number of benzene rings is 2. The first kappa shape index (κ1) is 19.9. The normalized spacial score (nSPS) is 21.1. The average Bonchev–Trinajstić information content (AvgIpc) is 2.76. The first-order valence-corrected chi connectivity index (χ1v) is 10.8. The lowest BCUT2D eigenvalue weighted by Gasteiger charge is -2.44. The van der Waals surface area contributed by atoms with Gasteiger partial charge in [-0.3, -0.25) is 14.6 Å². The predicted molar refractivity (Wildman–Crippen MR) is 119 cm³/mol. The number of hydrogen-bond acceptors (Lipinski definition) is 4. The Morgan fingerprint density at radius 1 is 0.966 bits per heavy atom. The number of carbonyl (C=O) groups excluding carboxylic acids is 1. The van der Waals surface area contributed by atoms with Crippen molar-refractivity contribution >= 4 is 17.3 Å². The molecule has 2 aliphatic heterocycles. The van der Waals surface area contributed by atoms with Gasteiger partial charge in [0.25, 0.3) is 0 Å². The molecule has 2 heterocycles. The van der Waals surface area contributed by atoms with E-state index in [0.29, 0.717) is 6.04 Å². The monoisotopic (exact) mass is 392 g/mol. The molecule has 5 nitrogen and oxygen atoms in total. The van der Waals surface area contributed by atoms with Crippen molar-refractivity contribution in [3.05, 3.63) is 60.2 Å². The molecule has 2 aromatic carbocycles. The van der Waals surface area contributed by atoms with Crippen molar-refractivity contribution in [2.24, 2.45) is 0 Å². The van der Waals surface area contributed by atoms with Crippen molar-refractivity contribution in [3.63, 3.8) is 0 Å². The Labute approximate surface area is 174 Å². The fourth-order valence-electron chi connectivity index (χ4n) is 4.61. The van der Waals surface area contributed by atoms with Crippen LogP contribution in [-0.2, 0) is 11.3 Å². The molecule has 1 N–H and O–H groups in total. The Bertz CT molecular complexity index is 784. The molecule has 0 radical (unpaired) electrons. The molecule has 0 bridgehead atoms. The fraction of sp³-hybridized carbons (Fsp3) is 0.458. The lowest BCUT2D eigenvalue weighted by Crippen LogP contribution is -2.55. The summed E-state index contributed by atoms with van der Waals surface area (Å²) in [6.45, 7) is 9.39. The number of nitrogens with one attached hydrogen (secondary N) is 1. The molecule has 1 amide bonds. The van der Waals surface area contributed by atoms with Crippen molar-refractivity contribution < 1.29 is 4.79 Å². The Kier molecular flexibility index (Phi) is 6.47. The van der Waals surface area contributed by atoms with Gasteiger partial charge in [-0.1, -0.05) is 30.3 Å². The van der Waals surface area contributed by atoms with Gasteiger partial charge in [0, 0.05) is 63.6 Å². The highest BCUT2D eigenvalue weighted by Gasteiger charge is 2.28. The van der Waals surface area contributed by atoms with Crippen LogP contribution in [0.3, 0.4) is 0 Å². The van der Waals surface area contributed by atoms with Gasteiger partial charge in [0.05, 0.1) is 0 Å². The van der Waals surface area contributed by atoms with Gasteiger partial charge in [-0.2, -0.15) is 0 Å². The van der Waals surface area contributed by atoms with Crippen LogP contribution in [0.5, 0.6) is 0 Å². The van der Waals surface area contributed by atoms with Crippen LogP contribution in [0.25, 0.3) is 0 Å². The molecule has 0 aliphatic carbocycles. The van der Waals surface area contributed by atoms with Crippen LogP contribution < -0.4 is 10.2 Å². The summed E-state index contributed by atoms with van der Waals surface area (Å²) in [6.07, 6.45) is 2.58. The first-order valence-electron chi connectivity index (χ1n) is 10.8. The smallest absolute Gasteiger partial charge is 0.221 e. The molecule has 1 unspecified atom stereocenters. The number of piperazine rings is 1. The van der Waals surface area contributed by atoms with E-state index in [1.807, 2.05) is 12.1 Å². The second kappa shape index (κ2) is 9.42. The molecule has 0 aromatic heterocycles. The molecule has 29 heavy (non-hydrogen) atoms. The van der Waals surface area contributed by atoms with Gasteiger partial charge in [0.1, 0.15) is 0 Å². The SMILES string of the molecule is CC(=O)Nc1ccc(CN2CCCC(N3CCN(c4ccccc4)CC3)C2)cc1. The number of likely N-dealkylation sites (tertiary alicyclic amines) is 1. The Balaban J connectivity index is 1.28. The molecule has 2 aliphatic rings. The highest BCUT2D eigenvalue weighted by atomic mass is 16.1. The van der Waals surface area contributed by atoms with Gasteiger partial charge in [-0.25, -0.2) is 0 Å². The number of anilines is 2. The van der Waals surface area contributed by atoms with Crippen LogP contribution in [-0.4, -0.2) is 61.0 Å². The van der Waals surface area contributed by atoms with E-state index in [9.17, 15) is 4.79 Å². The summed E-state index contributed by atoms with van der Waals surface area (Å²) in [6, 6.07) is 19.7. The maximum absolute atomic E-state index is 11.2. The van der Waals surface area contributed by atoms with Gasteiger partial charge in [-0.15, -0.1) is 0 Å². The van der Waals surface area contributed by atoms with E-state index < -0.39 is 0 Å². The Morgan fingerprint density at radius 3 is 2.38 bits per heavy atom. The largest absolute Gasteiger partial charge is 0.369 e. The first-order chi connectivity index (χ1) is 14.2. The van der Waals surface area contributed by atoms with E-state index in [-0.39, 0.29) is 5.91 Å². The maximum atomic E-state index is 11.2. The average molecular weight is 393 g/mol. The van der Waals surface area contributed by atoms with Crippen molar-refractivity contribution in [2.75, 3.05) is 49.5 Å². The predicted octanol–water partition coefficient (Wildman–Crippen LogP) is 3.43. The van der Waals surface area contributed by atoms with Crippen molar-refractivity contribution in [3.8, 4) is 0 Å². The number of rotatable bonds is 5. The minimum atomic E-state index is -0.0241. The lowest BCUT2D eigenvalue weighted by atomic mass is 10.0. The third-order valence-electron chi connectivity index (χ3n) is 6.11. The lowest BCUT2D eigenvalue weighted by molar-refractivity contribution is -0.114. The zero-order valence-electron chi connectivity index (χ0n) is 17.4. The summed E-state index contributed by atoms with van der Waals surface area (Å²) in [4.78, 5) is 19.0. The van der Waals surface area contributed by atoms with E-state index in [4.69, 9.17) is 0 Å². The molecular formula is C24H32N4O. The molecule has 1 atom stereocenters. The van der Waals surface area contributed by atoms with Gasteiger partial charge >= 0.3 is 0 Å². The van der Waals surface area contributed by atoms with Crippen LogP contribution in [0.4, 0.5) is 11.4 Å². The molecule has 5 heteroatoms. The van der Waals surface area contributed by atoms with Crippen LogP contribution in [0, 0.1) is 0 Å². The summed E-state index contributed by atoms with van der Waals surface area (Å²) in [7, 11) is 0. The van der Waals surface area contributed by atoms with Crippen molar-refractivity contribution in [2.45, 2.75) is 32.4 Å². The minimum absolute atomic E-state index is 0.0241. The van der Waals surface area contributed by atoms with Crippen molar-refractivity contribution in [1.29, 1.82) is 0 Å². The molecular weight excluding hydrogens is 360 g/mol. The van der Waals surface area contributed by atoms with E-state index in [1.165, 1.54) is 30.6 Å². The molecule has 154 valence electrons. The zero-order chi connectivity index (χ0) is 20.1. The number of nitrogens with zero attached hydrogens (tertiary/aromatic N) is 3. The third-order valence-corrected chi connectivity index (χ3v) is 6.11. The molecule has 2 aromatic rings. The highest BCUT2D eigenvalue weighted by Crippen LogP contribution is 2.22. The Hall–Kier alpha value is -2.37. The topological polar surface area (TPSA) is 38.8 Å². The maximum Gasteiger partial charge on any atom is 0.221 e. The quantitative estimate of drug-likeness (QED) is 0.846. The van der Waals surface area contributed by atoms with Crippen molar-refractivity contribution in [1.82, 2.24) is 9.80 Å². The number of piperidine rings is 1. The van der Waals surface area contributed by atoms with Gasteiger partial charge in [0.2, 0.25) is 5.91 Å². The van der Waals surface area contributed by atoms with Crippen LogP contribution in [0.2, 0.25) is 0 Å². The van der Waals surface area contributed by atoms with Gasteiger partial charge in [0.15, 0.2) is 0 Å². The second-order valence-electron chi connectivity index (χ2n) is 8.27. The number of amides is 1. The van der Waals surface area contributed by atoms with E-state index in [0.717, 1.165) is 45.0 Å². The van der Waals surface area contributed by atoms with Crippen LogP contribution in [0.1, 0.15) is 25.3 Å². The zero-order valence-corrected chi connectivity index (χ0v) is 17.4. The molecule has 0 saturated carbocycles. The van der Waals surface area contributed by atoms with Crippen LogP contribution in [0.15, 0.2) is 54.6 Å². The van der Waals surface area contributed by atoms with Gasteiger partial charge < -0.3 is 10.2 Å². The molecule has 2 saturated heterocycles. The number of hydrogen-bond donors (Lipinski definition) is 1. The highest BCUT2D eigenvalue weighted by molar-refractivity contribution is 5.88. The molecule has 4 rings (SSSR count). The third kappa shape index (κ3) is 5.37.